The van der Waals surface area contributed by atoms with Crippen LogP contribution in [0.1, 0.15) is 166 Å². The second kappa shape index (κ2) is 6.80. The van der Waals surface area contributed by atoms with Crippen LogP contribution in [0.4, 0.5) is 0 Å². The van der Waals surface area contributed by atoms with Gasteiger partial charge in [-0.3, -0.25) is 0 Å². The molecule has 0 amide bonds. The van der Waals surface area contributed by atoms with Gasteiger partial charge in [-0.2, -0.15) is 0 Å². The molecule has 3 aliphatic rings. The van der Waals surface area contributed by atoms with Crippen molar-refractivity contribution >= 4 is 0 Å². The third-order valence-electron chi connectivity index (χ3n) is 21.4. The van der Waals surface area contributed by atoms with Crippen molar-refractivity contribution in [2.75, 3.05) is 0 Å². The molecule has 3 fully saturated rings. The lowest BCUT2D eigenvalue weighted by Gasteiger charge is -2.95. The van der Waals surface area contributed by atoms with Gasteiger partial charge in [0.1, 0.15) is 0 Å². The Kier molecular flexibility index (Phi) is 5.81. The van der Waals surface area contributed by atoms with Crippen LogP contribution < -0.4 is 0 Å². The maximum absolute atomic E-state index is 2.77. The van der Waals surface area contributed by atoms with Crippen molar-refractivity contribution in [2.45, 2.75) is 166 Å². The van der Waals surface area contributed by atoms with E-state index in [4.69, 9.17) is 0 Å². The largest absolute Gasteiger partial charge is 0.0588 e. The summed E-state index contributed by atoms with van der Waals surface area (Å²) in [5.74, 6) is 0. The number of rotatable bonds is 0. The summed E-state index contributed by atoms with van der Waals surface area (Å²) in [5.41, 5.74) is 1.23. The molecule has 3 aliphatic carbocycles. The Morgan fingerprint density at radius 3 is 0.342 bits per heavy atom. The predicted octanol–water partition coefficient (Wildman–Crippen LogP) is 12.3. The summed E-state index contributed by atoms with van der Waals surface area (Å²) in [5, 5.41) is 0. The second-order valence-electron chi connectivity index (χ2n) is 20.8. The molecule has 224 valence electrons. The average Bonchev–Trinajstić information content (AvgIpc) is 2.72. The normalized spacial score (nSPS) is 47.4. The van der Waals surface area contributed by atoms with Crippen LogP contribution in [0.3, 0.4) is 0 Å². The highest BCUT2D eigenvalue weighted by atomic mass is 15.0. The Balaban J connectivity index is 2.81. The summed E-state index contributed by atoms with van der Waals surface area (Å²) in [6, 6.07) is 0. The van der Waals surface area contributed by atoms with Crippen LogP contribution >= 0.6 is 0 Å². The van der Waals surface area contributed by atoms with Crippen LogP contribution in [0.15, 0.2) is 0 Å². The first-order valence-corrected chi connectivity index (χ1v) is 16.0. The van der Waals surface area contributed by atoms with E-state index in [2.05, 4.69) is 166 Å². The zero-order valence-electron chi connectivity index (χ0n) is 31.0. The van der Waals surface area contributed by atoms with Gasteiger partial charge in [0.2, 0.25) is 0 Å². The molecule has 3 saturated carbocycles. The molecule has 38 heavy (non-hydrogen) atoms. The maximum Gasteiger partial charge on any atom is -0.0148 e. The standard InChI is InChI=1S/C38H72/c1-25(2)26(3,4)30(11,12)36(22)34(19,20)38(24)32(15,16)28(7,8)27(5,6)31(13,14)37(38,23)33(17,18)35(36,21)29(25,9)10/h1-24H3. The van der Waals surface area contributed by atoms with Crippen molar-refractivity contribution in [3.8, 4) is 0 Å². The van der Waals surface area contributed by atoms with Gasteiger partial charge in [-0.05, 0) is 75.8 Å². The van der Waals surface area contributed by atoms with Gasteiger partial charge in [-0.25, -0.2) is 0 Å². The smallest absolute Gasteiger partial charge is 0.0148 e. The Morgan fingerprint density at radius 2 is 0.237 bits per heavy atom. The molecule has 0 N–H and O–H groups in total. The molecule has 0 heterocycles. The third-order valence-corrected chi connectivity index (χ3v) is 21.4. The third kappa shape index (κ3) is 2.13. The summed E-state index contributed by atoms with van der Waals surface area (Å²) >= 11 is 0. The van der Waals surface area contributed by atoms with E-state index >= 15 is 0 Å². The van der Waals surface area contributed by atoms with E-state index in [9.17, 15) is 0 Å². The van der Waals surface area contributed by atoms with Crippen molar-refractivity contribution in [3.05, 3.63) is 0 Å². The SMILES string of the molecule is CC1(C)C(C)(C)C(C)(C)C2(C)C(C)(C)C3(C)C(C)(C)C(C)(C)C(C)(C)C(C)(C)C3(C)C(C)(C)C2(C)C1(C)C. The van der Waals surface area contributed by atoms with Gasteiger partial charge in [-0.15, -0.1) is 0 Å². The van der Waals surface area contributed by atoms with Crippen molar-refractivity contribution in [1.29, 1.82) is 0 Å². The number of hydrogen-bond acceptors (Lipinski definition) is 0. The zero-order chi connectivity index (χ0) is 31.0. The number of hydrogen-bond donors (Lipinski definition) is 0. The van der Waals surface area contributed by atoms with Crippen LogP contribution in [0.5, 0.6) is 0 Å². The summed E-state index contributed by atoms with van der Waals surface area (Å²) in [6.07, 6.45) is 0. The second-order valence-corrected chi connectivity index (χ2v) is 20.8. The van der Waals surface area contributed by atoms with E-state index < -0.39 is 0 Å². The van der Waals surface area contributed by atoms with E-state index in [0.29, 0.717) is 0 Å². The van der Waals surface area contributed by atoms with Gasteiger partial charge >= 0.3 is 0 Å². The summed E-state index contributed by atoms with van der Waals surface area (Å²) < 4.78 is 0. The quantitative estimate of drug-likeness (QED) is 0.293. The van der Waals surface area contributed by atoms with Crippen molar-refractivity contribution in [3.63, 3.8) is 0 Å². The fourth-order valence-corrected chi connectivity index (χ4v) is 14.8. The molecule has 0 heteroatoms. The van der Waals surface area contributed by atoms with Gasteiger partial charge in [0.05, 0.1) is 0 Å². The molecular formula is C38H72. The molecule has 0 saturated heterocycles. The Labute approximate surface area is 241 Å². The van der Waals surface area contributed by atoms with Crippen LogP contribution in [0.25, 0.3) is 0 Å². The first kappa shape index (κ1) is 32.5. The van der Waals surface area contributed by atoms with E-state index in [-0.39, 0.29) is 75.8 Å². The molecule has 0 aromatic heterocycles. The van der Waals surface area contributed by atoms with Gasteiger partial charge in [0.15, 0.2) is 0 Å². The minimum Gasteiger partial charge on any atom is -0.0588 e. The van der Waals surface area contributed by atoms with E-state index in [0.717, 1.165) is 0 Å². The Bertz CT molecular complexity index is 870. The van der Waals surface area contributed by atoms with Crippen molar-refractivity contribution in [2.24, 2.45) is 75.8 Å². The molecule has 0 nitrogen and oxygen atoms in total. The first-order valence-electron chi connectivity index (χ1n) is 16.0. The first-order chi connectivity index (χ1) is 16.0. The van der Waals surface area contributed by atoms with Gasteiger partial charge in [0.25, 0.3) is 0 Å². The number of fused-ring (bicyclic) bond motifs is 2. The van der Waals surface area contributed by atoms with E-state index in [1.54, 1.807) is 0 Å². The lowest BCUT2D eigenvalue weighted by molar-refractivity contribution is -0.482. The average molecular weight is 529 g/mol. The van der Waals surface area contributed by atoms with Crippen LogP contribution in [0.2, 0.25) is 0 Å². The van der Waals surface area contributed by atoms with Gasteiger partial charge in [0, 0.05) is 0 Å². The van der Waals surface area contributed by atoms with Crippen LogP contribution in [-0.2, 0) is 0 Å². The van der Waals surface area contributed by atoms with E-state index in [1.165, 1.54) is 0 Å². The lowest BCUT2D eigenvalue weighted by Crippen LogP contribution is -2.90. The van der Waals surface area contributed by atoms with Gasteiger partial charge < -0.3 is 0 Å². The highest BCUT2D eigenvalue weighted by Gasteiger charge is 2.93. The Morgan fingerprint density at radius 1 is 0.132 bits per heavy atom. The zero-order valence-corrected chi connectivity index (χ0v) is 31.0. The van der Waals surface area contributed by atoms with Crippen molar-refractivity contribution in [1.82, 2.24) is 0 Å². The molecule has 0 spiro atoms. The molecular weight excluding hydrogens is 456 g/mol. The molecule has 4 atom stereocenters. The molecule has 0 aromatic carbocycles. The topological polar surface area (TPSA) is 0 Å². The molecule has 0 radical (unpaired) electrons. The van der Waals surface area contributed by atoms with E-state index in [1.807, 2.05) is 0 Å². The fourth-order valence-electron chi connectivity index (χ4n) is 14.8. The summed E-state index contributed by atoms with van der Waals surface area (Å²) in [4.78, 5) is 0. The molecule has 4 unspecified atom stereocenters. The fraction of sp³-hybridized carbons (Fsp3) is 1.00. The minimum atomic E-state index is 0.0437. The molecule has 0 bridgehead atoms. The van der Waals surface area contributed by atoms with Crippen LogP contribution in [0, 0.1) is 75.8 Å². The Hall–Kier alpha value is 0. The van der Waals surface area contributed by atoms with Crippen molar-refractivity contribution < 1.29 is 0 Å². The summed E-state index contributed by atoms with van der Waals surface area (Å²) in [6.45, 7) is 64.3. The highest BCUT2D eigenvalue weighted by molar-refractivity contribution is 5.39. The predicted molar refractivity (Wildman–Crippen MR) is 170 cm³/mol. The van der Waals surface area contributed by atoms with Crippen LogP contribution in [-0.4, -0.2) is 0 Å². The molecule has 3 rings (SSSR count). The molecule has 0 aromatic rings. The monoisotopic (exact) mass is 529 g/mol. The summed E-state index contributed by atoms with van der Waals surface area (Å²) in [7, 11) is 0. The maximum atomic E-state index is 2.77. The lowest BCUT2D eigenvalue weighted by atomic mass is 9.09. The van der Waals surface area contributed by atoms with Gasteiger partial charge in [-0.1, -0.05) is 166 Å². The minimum absolute atomic E-state index is 0.0437. The molecule has 0 aliphatic heterocycles. The highest BCUT2D eigenvalue weighted by Crippen LogP contribution is 2.97.